The maximum Gasteiger partial charge on any atom is 0.257 e. The van der Waals surface area contributed by atoms with Gasteiger partial charge < -0.3 is 15.4 Å². The molecule has 6 nitrogen and oxygen atoms in total. The first-order chi connectivity index (χ1) is 8.74. The minimum absolute atomic E-state index is 0.0769. The number of rotatable bonds is 5. The molecule has 0 bridgehead atoms. The van der Waals surface area contributed by atoms with E-state index < -0.39 is 9.84 Å². The van der Waals surface area contributed by atoms with Crippen LogP contribution in [0.5, 0.6) is 5.75 Å². The van der Waals surface area contributed by atoms with E-state index in [4.69, 9.17) is 10.5 Å². The van der Waals surface area contributed by atoms with Gasteiger partial charge in [-0.3, -0.25) is 4.79 Å². The maximum atomic E-state index is 12.2. The summed E-state index contributed by atoms with van der Waals surface area (Å²) in [5.74, 6) is -0.0105. The third-order valence-electron chi connectivity index (χ3n) is 2.60. The number of benzene rings is 1. The van der Waals surface area contributed by atoms with E-state index in [0.717, 1.165) is 6.26 Å². The first-order valence-electron chi connectivity index (χ1n) is 5.61. The van der Waals surface area contributed by atoms with Crippen LogP contribution >= 0.6 is 0 Å². The number of nitrogens with two attached hydrogens (primary N) is 1. The van der Waals surface area contributed by atoms with Gasteiger partial charge in [0.25, 0.3) is 5.91 Å². The van der Waals surface area contributed by atoms with Crippen LogP contribution in [0.15, 0.2) is 18.2 Å². The van der Waals surface area contributed by atoms with E-state index >= 15 is 0 Å². The van der Waals surface area contributed by atoms with Crippen LogP contribution in [0.2, 0.25) is 0 Å². The van der Waals surface area contributed by atoms with Crippen LogP contribution in [0.3, 0.4) is 0 Å². The quantitative estimate of drug-likeness (QED) is 0.791. The van der Waals surface area contributed by atoms with Gasteiger partial charge in [-0.2, -0.15) is 0 Å². The number of amides is 1. The highest BCUT2D eigenvalue weighted by atomic mass is 32.2. The molecule has 0 radical (unpaired) electrons. The summed E-state index contributed by atoms with van der Waals surface area (Å²) < 4.78 is 27.3. The van der Waals surface area contributed by atoms with E-state index in [1.165, 1.54) is 12.0 Å². The zero-order valence-corrected chi connectivity index (χ0v) is 12.0. The van der Waals surface area contributed by atoms with Crippen molar-refractivity contribution < 1.29 is 17.9 Å². The second-order valence-corrected chi connectivity index (χ2v) is 6.58. The average Bonchev–Trinajstić information content (AvgIpc) is 2.34. The van der Waals surface area contributed by atoms with Crippen LogP contribution in [0.4, 0.5) is 5.69 Å². The lowest BCUT2D eigenvalue weighted by atomic mass is 10.1. The lowest BCUT2D eigenvalue weighted by Crippen LogP contribution is -2.31. The summed E-state index contributed by atoms with van der Waals surface area (Å²) in [6, 6.07) is 4.71. The summed E-state index contributed by atoms with van der Waals surface area (Å²) in [5.41, 5.74) is 6.46. The van der Waals surface area contributed by atoms with Crippen LogP contribution in [-0.4, -0.2) is 51.9 Å². The number of hydrogen-bond donors (Lipinski definition) is 1. The third kappa shape index (κ3) is 4.44. The van der Waals surface area contributed by atoms with Gasteiger partial charge in [0.1, 0.15) is 15.6 Å². The summed E-state index contributed by atoms with van der Waals surface area (Å²) >= 11 is 0. The zero-order chi connectivity index (χ0) is 14.6. The molecule has 0 spiro atoms. The second-order valence-electron chi connectivity index (χ2n) is 4.32. The number of carbonyl (C=O) groups is 1. The average molecular weight is 286 g/mol. The molecule has 0 saturated carbocycles. The van der Waals surface area contributed by atoms with E-state index in [1.54, 1.807) is 25.2 Å². The Labute approximate surface area is 113 Å². The van der Waals surface area contributed by atoms with Crippen molar-refractivity contribution in [2.24, 2.45) is 0 Å². The van der Waals surface area contributed by atoms with Gasteiger partial charge >= 0.3 is 0 Å². The summed E-state index contributed by atoms with van der Waals surface area (Å²) in [6.07, 6.45) is 1.13. The van der Waals surface area contributed by atoms with Gasteiger partial charge in [-0.05, 0) is 12.1 Å². The smallest absolute Gasteiger partial charge is 0.257 e. The van der Waals surface area contributed by atoms with Gasteiger partial charge in [0.05, 0.1) is 18.4 Å². The fourth-order valence-corrected chi connectivity index (χ4v) is 2.10. The van der Waals surface area contributed by atoms with Gasteiger partial charge in [-0.25, -0.2) is 8.42 Å². The van der Waals surface area contributed by atoms with Gasteiger partial charge in [-0.1, -0.05) is 0 Å². The fourth-order valence-electron chi connectivity index (χ4n) is 1.49. The minimum Gasteiger partial charge on any atom is -0.496 e. The van der Waals surface area contributed by atoms with E-state index in [9.17, 15) is 13.2 Å². The number of anilines is 1. The van der Waals surface area contributed by atoms with Gasteiger partial charge in [0, 0.05) is 31.6 Å². The number of nitrogens with zero attached hydrogens (tertiary/aromatic N) is 1. The zero-order valence-electron chi connectivity index (χ0n) is 11.2. The largest absolute Gasteiger partial charge is 0.496 e. The molecule has 7 heteroatoms. The maximum absolute atomic E-state index is 12.2. The molecule has 0 atom stereocenters. The highest BCUT2D eigenvalue weighted by Crippen LogP contribution is 2.22. The molecule has 2 N–H and O–H groups in total. The van der Waals surface area contributed by atoms with Crippen molar-refractivity contribution in [3.8, 4) is 5.75 Å². The Bertz CT molecular complexity index is 569. The molecule has 0 aliphatic rings. The van der Waals surface area contributed by atoms with Crippen molar-refractivity contribution >= 4 is 21.4 Å². The van der Waals surface area contributed by atoms with E-state index in [2.05, 4.69) is 0 Å². The summed E-state index contributed by atoms with van der Waals surface area (Å²) in [6.45, 7) is 0.130. The Morgan fingerprint density at radius 1 is 1.42 bits per heavy atom. The number of carbonyl (C=O) groups excluding carboxylic acids is 1. The molecule has 19 heavy (non-hydrogen) atoms. The van der Waals surface area contributed by atoms with Gasteiger partial charge in [0.15, 0.2) is 0 Å². The molecule has 0 aromatic heterocycles. The fraction of sp³-hybridized carbons (Fsp3) is 0.417. The molecule has 0 aliphatic heterocycles. The molecule has 0 aliphatic carbocycles. The molecule has 1 aromatic carbocycles. The molecular weight excluding hydrogens is 268 g/mol. The van der Waals surface area contributed by atoms with E-state index in [0.29, 0.717) is 17.0 Å². The van der Waals surface area contributed by atoms with Crippen molar-refractivity contribution in [3.63, 3.8) is 0 Å². The predicted molar refractivity (Wildman–Crippen MR) is 74.1 cm³/mol. The molecule has 1 rings (SSSR count). The molecule has 0 unspecified atom stereocenters. The van der Waals surface area contributed by atoms with E-state index in [-0.39, 0.29) is 18.2 Å². The number of hydrogen-bond acceptors (Lipinski definition) is 5. The van der Waals surface area contributed by atoms with Crippen LogP contribution in [0, 0.1) is 0 Å². The SMILES string of the molecule is COc1cc(N)ccc1C(=O)N(C)CCS(C)(=O)=O. The summed E-state index contributed by atoms with van der Waals surface area (Å²) in [5, 5.41) is 0. The van der Waals surface area contributed by atoms with Crippen LogP contribution in [-0.2, 0) is 9.84 Å². The molecule has 0 saturated heterocycles. The topological polar surface area (TPSA) is 89.7 Å². The number of nitrogen functional groups attached to an aromatic ring is 1. The third-order valence-corrected chi connectivity index (χ3v) is 3.52. The van der Waals surface area contributed by atoms with Crippen LogP contribution < -0.4 is 10.5 Å². The molecule has 0 heterocycles. The van der Waals surface area contributed by atoms with Crippen LogP contribution in [0.1, 0.15) is 10.4 Å². The van der Waals surface area contributed by atoms with Crippen LogP contribution in [0.25, 0.3) is 0 Å². The number of methoxy groups -OCH3 is 1. The molecule has 106 valence electrons. The van der Waals surface area contributed by atoms with Crippen molar-refractivity contribution in [2.45, 2.75) is 0 Å². The lowest BCUT2D eigenvalue weighted by Gasteiger charge is -2.18. The molecule has 0 fully saturated rings. The molecule has 1 amide bonds. The first-order valence-corrected chi connectivity index (χ1v) is 7.67. The van der Waals surface area contributed by atoms with Gasteiger partial charge in [-0.15, -0.1) is 0 Å². The second kappa shape index (κ2) is 5.92. The Hall–Kier alpha value is -1.76. The standard InChI is InChI=1S/C12H18N2O4S/c1-14(6-7-19(3,16)17)12(15)10-5-4-9(13)8-11(10)18-2/h4-5,8H,6-7,13H2,1-3H3. The minimum atomic E-state index is -3.10. The van der Waals surface area contributed by atoms with Crippen molar-refractivity contribution in [3.05, 3.63) is 23.8 Å². The predicted octanol–water partition coefficient (Wildman–Crippen LogP) is 0.394. The monoisotopic (exact) mass is 286 g/mol. The molecule has 1 aromatic rings. The number of ether oxygens (including phenoxy) is 1. The Morgan fingerprint density at radius 3 is 2.58 bits per heavy atom. The highest BCUT2D eigenvalue weighted by Gasteiger charge is 2.17. The Balaban J connectivity index is 2.88. The summed E-state index contributed by atoms with van der Waals surface area (Å²) in [4.78, 5) is 13.5. The van der Waals surface area contributed by atoms with Crippen molar-refractivity contribution in [1.82, 2.24) is 4.90 Å². The van der Waals surface area contributed by atoms with Crippen molar-refractivity contribution in [1.29, 1.82) is 0 Å². The van der Waals surface area contributed by atoms with E-state index in [1.807, 2.05) is 0 Å². The summed E-state index contributed by atoms with van der Waals surface area (Å²) in [7, 11) is -0.111. The molecular formula is C12H18N2O4S. The Kier molecular flexibility index (Phi) is 4.77. The Morgan fingerprint density at radius 2 is 2.05 bits per heavy atom. The van der Waals surface area contributed by atoms with Gasteiger partial charge in [0.2, 0.25) is 0 Å². The lowest BCUT2D eigenvalue weighted by molar-refractivity contribution is 0.0800. The highest BCUT2D eigenvalue weighted by molar-refractivity contribution is 7.90. The number of sulfone groups is 1. The normalized spacial score (nSPS) is 11.1. The van der Waals surface area contributed by atoms with Crippen molar-refractivity contribution in [2.75, 3.05) is 38.4 Å². The first kappa shape index (κ1) is 15.3.